The minimum absolute atomic E-state index is 0.00323. The van der Waals surface area contributed by atoms with Gasteiger partial charge in [-0.1, -0.05) is 11.6 Å². The molecule has 7 heteroatoms. The fraction of sp³-hybridized carbons (Fsp3) is 0.167. The molecule has 0 radical (unpaired) electrons. The molecular weight excluding hydrogens is 266 g/mol. The third kappa shape index (κ3) is 3.30. The highest BCUT2D eigenvalue weighted by atomic mass is 35.5. The molecule has 1 aromatic carbocycles. The number of nitriles is 1. The molecule has 0 unspecified atom stereocenters. The Balaban J connectivity index is 2.03. The second kappa shape index (κ2) is 5.50. The van der Waals surface area contributed by atoms with Crippen molar-refractivity contribution in [1.82, 2.24) is 14.8 Å². The van der Waals surface area contributed by atoms with E-state index in [9.17, 15) is 4.79 Å². The Bertz CT molecular complexity index is 658. The highest BCUT2D eigenvalue weighted by Gasteiger charge is 2.07. The van der Waals surface area contributed by atoms with Crippen LogP contribution in [0.4, 0.5) is 5.69 Å². The minimum Gasteiger partial charge on any atom is -0.324 e. The summed E-state index contributed by atoms with van der Waals surface area (Å²) in [6.45, 7) is 1.85. The van der Waals surface area contributed by atoms with E-state index >= 15 is 0 Å². The van der Waals surface area contributed by atoms with Crippen molar-refractivity contribution in [3.63, 3.8) is 0 Å². The maximum Gasteiger partial charge on any atom is 0.252 e. The van der Waals surface area contributed by atoms with Crippen LogP contribution in [0.5, 0.6) is 0 Å². The van der Waals surface area contributed by atoms with Crippen molar-refractivity contribution in [3.05, 3.63) is 40.9 Å². The Kier molecular flexibility index (Phi) is 3.78. The topological polar surface area (TPSA) is 83.6 Å². The van der Waals surface area contributed by atoms with E-state index in [0.717, 1.165) is 5.56 Å². The standard InChI is InChI=1S/C12H10ClN5O/c1-8-4-9(13)2-3-10(8)16-12(19)6-18-7-15-11(5-14)17-18/h2-4,7H,6H2,1H3,(H,16,19). The highest BCUT2D eigenvalue weighted by Crippen LogP contribution is 2.19. The van der Waals surface area contributed by atoms with Gasteiger partial charge in [0.2, 0.25) is 5.91 Å². The Morgan fingerprint density at radius 3 is 3.00 bits per heavy atom. The number of aromatic nitrogens is 3. The first-order valence-corrected chi connectivity index (χ1v) is 5.82. The van der Waals surface area contributed by atoms with Crippen LogP contribution >= 0.6 is 11.6 Å². The third-order valence-electron chi connectivity index (χ3n) is 2.40. The number of halogens is 1. The average molecular weight is 276 g/mol. The first-order chi connectivity index (χ1) is 9.08. The number of aryl methyl sites for hydroxylation is 1. The average Bonchev–Trinajstić information content (AvgIpc) is 2.80. The van der Waals surface area contributed by atoms with Gasteiger partial charge in [-0.25, -0.2) is 9.67 Å². The van der Waals surface area contributed by atoms with Crippen LogP contribution in [-0.2, 0) is 11.3 Å². The molecular formula is C12H10ClN5O. The van der Waals surface area contributed by atoms with E-state index in [2.05, 4.69) is 15.4 Å². The number of benzene rings is 1. The molecule has 1 N–H and O–H groups in total. The zero-order valence-electron chi connectivity index (χ0n) is 10.1. The second-order valence-corrected chi connectivity index (χ2v) is 4.32. The molecule has 6 nitrogen and oxygen atoms in total. The van der Waals surface area contributed by atoms with Gasteiger partial charge in [-0.3, -0.25) is 4.79 Å². The lowest BCUT2D eigenvalue weighted by Gasteiger charge is -2.08. The summed E-state index contributed by atoms with van der Waals surface area (Å²) in [5.74, 6) is -0.213. The molecule has 0 fully saturated rings. The van der Waals surface area contributed by atoms with E-state index in [4.69, 9.17) is 16.9 Å². The van der Waals surface area contributed by atoms with Gasteiger partial charge in [-0.15, -0.1) is 5.10 Å². The van der Waals surface area contributed by atoms with E-state index < -0.39 is 0 Å². The maximum atomic E-state index is 11.8. The molecule has 96 valence electrons. The van der Waals surface area contributed by atoms with Crippen molar-refractivity contribution in [2.45, 2.75) is 13.5 Å². The number of anilines is 1. The number of nitrogens with one attached hydrogen (secondary N) is 1. The smallest absolute Gasteiger partial charge is 0.252 e. The molecule has 0 aliphatic heterocycles. The minimum atomic E-state index is -0.250. The van der Waals surface area contributed by atoms with Crippen LogP contribution < -0.4 is 5.32 Å². The van der Waals surface area contributed by atoms with Crippen LogP contribution in [-0.4, -0.2) is 20.7 Å². The van der Waals surface area contributed by atoms with Crippen molar-refractivity contribution in [1.29, 1.82) is 5.26 Å². The molecule has 2 rings (SSSR count). The summed E-state index contributed by atoms with van der Waals surface area (Å²) < 4.78 is 1.30. The van der Waals surface area contributed by atoms with E-state index in [1.807, 2.05) is 6.92 Å². The molecule has 0 spiro atoms. The monoisotopic (exact) mass is 275 g/mol. The lowest BCUT2D eigenvalue weighted by atomic mass is 10.2. The largest absolute Gasteiger partial charge is 0.324 e. The van der Waals surface area contributed by atoms with Crippen molar-refractivity contribution in [2.24, 2.45) is 0 Å². The molecule has 0 bridgehead atoms. The summed E-state index contributed by atoms with van der Waals surface area (Å²) in [4.78, 5) is 15.5. The zero-order valence-corrected chi connectivity index (χ0v) is 10.8. The molecule has 0 saturated heterocycles. The summed E-state index contributed by atoms with van der Waals surface area (Å²) in [5.41, 5.74) is 1.56. The van der Waals surface area contributed by atoms with Gasteiger partial charge in [0.25, 0.3) is 5.82 Å². The van der Waals surface area contributed by atoms with Crippen LogP contribution in [0.15, 0.2) is 24.5 Å². The number of amides is 1. The Morgan fingerprint density at radius 2 is 2.37 bits per heavy atom. The molecule has 19 heavy (non-hydrogen) atoms. The molecule has 2 aromatic rings. The van der Waals surface area contributed by atoms with Crippen LogP contribution in [0.3, 0.4) is 0 Å². The Labute approximate surface area is 114 Å². The molecule has 1 amide bonds. The van der Waals surface area contributed by atoms with Crippen molar-refractivity contribution >= 4 is 23.2 Å². The SMILES string of the molecule is Cc1cc(Cl)ccc1NC(=O)Cn1cnc(C#N)n1. The van der Waals surface area contributed by atoms with Crippen LogP contribution in [0, 0.1) is 18.3 Å². The summed E-state index contributed by atoms with van der Waals surface area (Å²) in [6.07, 6.45) is 1.34. The summed E-state index contributed by atoms with van der Waals surface area (Å²) in [6, 6.07) is 7.00. The molecule has 1 heterocycles. The predicted molar refractivity (Wildman–Crippen MR) is 69.6 cm³/mol. The van der Waals surface area contributed by atoms with Crippen molar-refractivity contribution < 1.29 is 4.79 Å². The summed E-state index contributed by atoms with van der Waals surface area (Å²) in [7, 11) is 0. The van der Waals surface area contributed by atoms with Crippen molar-refractivity contribution in [3.8, 4) is 6.07 Å². The Morgan fingerprint density at radius 1 is 1.58 bits per heavy atom. The summed E-state index contributed by atoms with van der Waals surface area (Å²) in [5, 5.41) is 15.8. The van der Waals surface area contributed by atoms with Crippen LogP contribution in [0.25, 0.3) is 0 Å². The number of hydrogen-bond donors (Lipinski definition) is 1. The molecule has 0 aliphatic carbocycles. The lowest BCUT2D eigenvalue weighted by molar-refractivity contribution is -0.116. The van der Waals surface area contributed by atoms with E-state index in [0.29, 0.717) is 10.7 Å². The number of carbonyl (C=O) groups excluding carboxylic acids is 1. The van der Waals surface area contributed by atoms with Gasteiger partial charge < -0.3 is 5.32 Å². The van der Waals surface area contributed by atoms with E-state index in [1.165, 1.54) is 11.0 Å². The molecule has 1 aromatic heterocycles. The second-order valence-electron chi connectivity index (χ2n) is 3.88. The zero-order chi connectivity index (χ0) is 13.8. The fourth-order valence-electron chi connectivity index (χ4n) is 1.53. The van der Waals surface area contributed by atoms with E-state index in [-0.39, 0.29) is 18.3 Å². The van der Waals surface area contributed by atoms with Gasteiger partial charge in [-0.05, 0) is 30.7 Å². The highest BCUT2D eigenvalue weighted by molar-refractivity contribution is 6.30. The van der Waals surface area contributed by atoms with Crippen LogP contribution in [0.1, 0.15) is 11.4 Å². The molecule has 0 aliphatic rings. The van der Waals surface area contributed by atoms with Gasteiger partial charge in [0, 0.05) is 10.7 Å². The van der Waals surface area contributed by atoms with Gasteiger partial charge in [0.15, 0.2) is 0 Å². The number of carbonyl (C=O) groups is 1. The summed E-state index contributed by atoms with van der Waals surface area (Å²) >= 11 is 5.84. The first-order valence-electron chi connectivity index (χ1n) is 5.44. The van der Waals surface area contributed by atoms with Gasteiger partial charge in [-0.2, -0.15) is 5.26 Å². The number of hydrogen-bond acceptors (Lipinski definition) is 4. The maximum absolute atomic E-state index is 11.8. The number of rotatable bonds is 3. The van der Waals surface area contributed by atoms with E-state index in [1.54, 1.807) is 24.3 Å². The quantitative estimate of drug-likeness (QED) is 0.925. The third-order valence-corrected chi connectivity index (χ3v) is 2.64. The molecule has 0 saturated carbocycles. The lowest BCUT2D eigenvalue weighted by Crippen LogP contribution is -2.19. The van der Waals surface area contributed by atoms with Gasteiger partial charge in [0.05, 0.1) is 0 Å². The van der Waals surface area contributed by atoms with Crippen LogP contribution in [0.2, 0.25) is 5.02 Å². The fourth-order valence-corrected chi connectivity index (χ4v) is 1.75. The Hall–Kier alpha value is -2.39. The predicted octanol–water partition coefficient (Wildman–Crippen LogP) is 1.75. The van der Waals surface area contributed by atoms with Gasteiger partial charge in [0.1, 0.15) is 18.9 Å². The van der Waals surface area contributed by atoms with Gasteiger partial charge >= 0.3 is 0 Å². The van der Waals surface area contributed by atoms with Crippen molar-refractivity contribution in [2.75, 3.05) is 5.32 Å². The normalized spacial score (nSPS) is 9.95. The first kappa shape index (κ1) is 13.1. The number of nitrogens with zero attached hydrogens (tertiary/aromatic N) is 4. The molecule has 0 atom stereocenters.